The first-order valence-electron chi connectivity index (χ1n) is 12.7. The van der Waals surface area contributed by atoms with Crippen molar-refractivity contribution in [3.05, 3.63) is 93.3 Å². The van der Waals surface area contributed by atoms with Crippen LogP contribution in [0, 0.1) is 23.0 Å². The zero-order valence-electron chi connectivity index (χ0n) is 21.7. The highest BCUT2D eigenvalue weighted by molar-refractivity contribution is 9.10. The number of ether oxygens (including phenoxy) is 4. The topological polar surface area (TPSA) is 104 Å². The molecule has 6 unspecified atom stereocenters. The Bertz CT molecular complexity index is 1620. The zero-order chi connectivity index (χ0) is 29.4. The minimum absolute atomic E-state index is 0.165. The molecule has 9 nitrogen and oxygen atoms in total. The molecule has 0 saturated carbocycles. The SMILES string of the molecule is COC1C(Sc2cc(Br)cnc2C#N)OC2COC(c3ccccc3)OC2C1n1cc(-c2cc(F)c(Cl)c(F)c2)nn1. The number of thioether (sulfide) groups is 1. The molecule has 0 amide bonds. The van der Waals surface area contributed by atoms with Crippen molar-refractivity contribution >= 4 is 39.3 Å². The second-order valence-corrected chi connectivity index (χ2v) is 11.9. The van der Waals surface area contributed by atoms with Gasteiger partial charge in [-0.2, -0.15) is 5.26 Å². The van der Waals surface area contributed by atoms with E-state index in [1.165, 1.54) is 18.9 Å². The zero-order valence-corrected chi connectivity index (χ0v) is 24.9. The molecule has 0 radical (unpaired) electrons. The van der Waals surface area contributed by atoms with Gasteiger partial charge in [-0.3, -0.25) is 0 Å². The van der Waals surface area contributed by atoms with Crippen LogP contribution < -0.4 is 0 Å². The van der Waals surface area contributed by atoms with E-state index in [1.54, 1.807) is 23.1 Å². The molecular formula is C28H21BrClF2N5O4S. The van der Waals surface area contributed by atoms with Gasteiger partial charge in [-0.25, -0.2) is 18.4 Å². The summed E-state index contributed by atoms with van der Waals surface area (Å²) in [5.74, 6) is -1.82. The maximum Gasteiger partial charge on any atom is 0.184 e. The third-order valence-corrected chi connectivity index (χ3v) is 8.89. The van der Waals surface area contributed by atoms with Crippen molar-refractivity contribution in [2.75, 3.05) is 13.7 Å². The molecule has 0 aliphatic carbocycles. The van der Waals surface area contributed by atoms with Crippen LogP contribution in [0.25, 0.3) is 11.3 Å². The summed E-state index contributed by atoms with van der Waals surface area (Å²) in [6, 6.07) is 14.9. The monoisotopic (exact) mass is 675 g/mol. The largest absolute Gasteiger partial charge is 0.375 e. The van der Waals surface area contributed by atoms with E-state index < -0.39 is 52.7 Å². The van der Waals surface area contributed by atoms with Gasteiger partial charge in [-0.1, -0.05) is 58.9 Å². The normalized spacial score (nSPS) is 25.5. The van der Waals surface area contributed by atoms with E-state index in [1.807, 2.05) is 30.3 Å². The Hall–Kier alpha value is -2.96. The Morgan fingerprint density at radius 3 is 2.64 bits per heavy atom. The fourth-order valence-electron chi connectivity index (χ4n) is 4.97. The third-order valence-electron chi connectivity index (χ3n) is 6.92. The van der Waals surface area contributed by atoms with Crippen LogP contribution >= 0.6 is 39.3 Å². The Labute approximate surface area is 256 Å². The molecule has 0 bridgehead atoms. The minimum Gasteiger partial charge on any atom is -0.375 e. The van der Waals surface area contributed by atoms with Crippen molar-refractivity contribution in [3.63, 3.8) is 0 Å². The number of fused-ring (bicyclic) bond motifs is 1. The van der Waals surface area contributed by atoms with E-state index in [-0.39, 0.29) is 23.6 Å². The summed E-state index contributed by atoms with van der Waals surface area (Å²) in [4.78, 5) is 4.79. The van der Waals surface area contributed by atoms with Gasteiger partial charge in [0.25, 0.3) is 0 Å². The van der Waals surface area contributed by atoms with Gasteiger partial charge in [0, 0.05) is 33.8 Å². The lowest BCUT2D eigenvalue weighted by molar-refractivity contribution is -0.308. The molecule has 4 aromatic rings. The van der Waals surface area contributed by atoms with Crippen molar-refractivity contribution in [3.8, 4) is 17.3 Å². The number of nitriles is 1. The van der Waals surface area contributed by atoms with E-state index >= 15 is 0 Å². The van der Waals surface area contributed by atoms with Crippen LogP contribution in [-0.4, -0.2) is 57.4 Å². The summed E-state index contributed by atoms with van der Waals surface area (Å²) in [5, 5.41) is 17.6. The molecule has 0 spiro atoms. The number of nitrogens with zero attached hydrogens (tertiary/aromatic N) is 5. The second-order valence-electron chi connectivity index (χ2n) is 9.48. The predicted octanol–water partition coefficient (Wildman–Crippen LogP) is 6.09. The molecule has 2 fully saturated rings. The van der Waals surface area contributed by atoms with Gasteiger partial charge in [0.05, 0.1) is 12.8 Å². The standard InChI is InChI=1S/C28H21BrClF2N5O4S/c1-38-26-24(37-12-20(35-36-37)15-7-17(31)23(30)18(32)8-15)25-21(13-39-27(41-25)14-5-3-2-4-6-14)40-28(26)42-22-9-16(29)11-34-19(22)10-33/h2-9,11-12,21,24-28H,13H2,1H3. The molecular weight excluding hydrogens is 656 g/mol. The van der Waals surface area contributed by atoms with E-state index in [0.717, 1.165) is 17.7 Å². The average molecular weight is 677 g/mol. The third kappa shape index (κ3) is 5.68. The summed E-state index contributed by atoms with van der Waals surface area (Å²) in [7, 11) is 1.54. The quantitative estimate of drug-likeness (QED) is 0.224. The lowest BCUT2D eigenvalue weighted by Crippen LogP contribution is -2.59. The highest BCUT2D eigenvalue weighted by Gasteiger charge is 2.52. The number of halogens is 4. The second kappa shape index (κ2) is 12.3. The van der Waals surface area contributed by atoms with Crippen LogP contribution in [-0.2, 0) is 18.9 Å². The molecule has 6 atom stereocenters. The number of methoxy groups -OCH3 is 1. The lowest BCUT2D eigenvalue weighted by Gasteiger charge is -2.48. The van der Waals surface area contributed by atoms with Crippen LogP contribution in [0.1, 0.15) is 23.6 Å². The van der Waals surface area contributed by atoms with E-state index in [2.05, 4.69) is 37.3 Å². The maximum absolute atomic E-state index is 14.2. The molecule has 0 N–H and O–H groups in total. The molecule has 2 aromatic heterocycles. The summed E-state index contributed by atoms with van der Waals surface area (Å²) in [5.41, 5.74) is 0.795. The highest BCUT2D eigenvalue weighted by Crippen LogP contribution is 2.45. The fraction of sp³-hybridized carbons (Fsp3) is 0.286. The van der Waals surface area contributed by atoms with Crippen LogP contribution in [0.5, 0.6) is 0 Å². The van der Waals surface area contributed by atoms with Crippen molar-refractivity contribution in [1.29, 1.82) is 5.26 Å². The van der Waals surface area contributed by atoms with E-state index in [4.69, 9.17) is 30.5 Å². The number of hydrogen-bond donors (Lipinski definition) is 0. The summed E-state index contributed by atoms with van der Waals surface area (Å²) in [6.45, 7) is 0.200. The van der Waals surface area contributed by atoms with Crippen molar-refractivity contribution < 1.29 is 27.7 Å². The minimum atomic E-state index is -0.909. The number of benzene rings is 2. The Kier molecular flexibility index (Phi) is 8.56. The first-order chi connectivity index (χ1) is 20.4. The average Bonchev–Trinajstić information content (AvgIpc) is 3.49. The molecule has 42 heavy (non-hydrogen) atoms. The summed E-state index contributed by atoms with van der Waals surface area (Å²) in [6.07, 6.45) is 0.591. The van der Waals surface area contributed by atoms with Gasteiger partial charge in [0.15, 0.2) is 12.0 Å². The fourth-order valence-corrected chi connectivity index (χ4v) is 6.82. The molecule has 2 aromatic carbocycles. The molecule has 2 aliphatic heterocycles. The molecule has 216 valence electrons. The molecule has 2 aliphatic rings. The summed E-state index contributed by atoms with van der Waals surface area (Å²) >= 11 is 10.4. The van der Waals surface area contributed by atoms with Crippen molar-refractivity contribution in [2.45, 2.75) is 41.0 Å². The maximum atomic E-state index is 14.2. The first kappa shape index (κ1) is 29.1. The predicted molar refractivity (Wildman–Crippen MR) is 151 cm³/mol. The Balaban J connectivity index is 1.39. The van der Waals surface area contributed by atoms with Gasteiger partial charge < -0.3 is 18.9 Å². The first-order valence-corrected chi connectivity index (χ1v) is 14.7. The number of rotatable bonds is 6. The number of pyridine rings is 1. The smallest absolute Gasteiger partial charge is 0.184 e. The van der Waals surface area contributed by atoms with Crippen molar-refractivity contribution in [1.82, 2.24) is 20.0 Å². The van der Waals surface area contributed by atoms with Crippen molar-refractivity contribution in [2.24, 2.45) is 0 Å². The van der Waals surface area contributed by atoms with Crippen LogP contribution in [0.3, 0.4) is 0 Å². The molecule has 4 heterocycles. The van der Waals surface area contributed by atoms with Gasteiger partial charge in [0.1, 0.15) is 58.2 Å². The van der Waals surface area contributed by atoms with E-state index in [0.29, 0.717) is 9.37 Å². The van der Waals surface area contributed by atoms with Gasteiger partial charge in [-0.15, -0.1) is 5.10 Å². The van der Waals surface area contributed by atoms with Crippen LogP contribution in [0.15, 0.2) is 70.3 Å². The Morgan fingerprint density at radius 2 is 1.93 bits per heavy atom. The number of aromatic nitrogens is 4. The molecule has 2 saturated heterocycles. The highest BCUT2D eigenvalue weighted by atomic mass is 79.9. The molecule has 14 heteroatoms. The molecule has 6 rings (SSSR count). The summed E-state index contributed by atoms with van der Waals surface area (Å²) < 4.78 is 55.7. The number of hydrogen-bond acceptors (Lipinski definition) is 9. The lowest BCUT2D eigenvalue weighted by atomic mass is 9.95. The van der Waals surface area contributed by atoms with Gasteiger partial charge >= 0.3 is 0 Å². The van der Waals surface area contributed by atoms with Gasteiger partial charge in [-0.05, 0) is 34.1 Å². The Morgan fingerprint density at radius 1 is 1.17 bits per heavy atom. The van der Waals surface area contributed by atoms with E-state index in [9.17, 15) is 14.0 Å². The van der Waals surface area contributed by atoms with Gasteiger partial charge in [0.2, 0.25) is 0 Å². The van der Waals surface area contributed by atoms with Crippen LogP contribution in [0.2, 0.25) is 5.02 Å². The van der Waals surface area contributed by atoms with Crippen LogP contribution in [0.4, 0.5) is 8.78 Å².